The molecule has 148 valence electrons. The van der Waals surface area contributed by atoms with E-state index in [4.69, 9.17) is 0 Å². The molecule has 1 aliphatic carbocycles. The maximum atomic E-state index is 14.2. The fourth-order valence-electron chi connectivity index (χ4n) is 4.03. The van der Waals surface area contributed by atoms with Gasteiger partial charge in [0.05, 0.1) is 6.26 Å². The third-order valence-corrected chi connectivity index (χ3v) is 6.12. The molecule has 1 saturated heterocycles. The predicted octanol–water partition coefficient (Wildman–Crippen LogP) is 2.14. The lowest BCUT2D eigenvalue weighted by atomic mass is 9.98. The van der Waals surface area contributed by atoms with Crippen molar-refractivity contribution in [2.24, 2.45) is 5.92 Å². The first-order valence-corrected chi connectivity index (χ1v) is 11.2. The summed E-state index contributed by atoms with van der Waals surface area (Å²) >= 11 is 0. The summed E-state index contributed by atoms with van der Waals surface area (Å²) in [5.41, 5.74) is 1.96. The third-order valence-electron chi connectivity index (χ3n) is 5.36. The van der Waals surface area contributed by atoms with Gasteiger partial charge in [-0.15, -0.1) is 0 Å². The van der Waals surface area contributed by atoms with E-state index in [1.165, 1.54) is 6.07 Å². The third kappa shape index (κ3) is 3.93. The second-order valence-corrected chi connectivity index (χ2v) is 9.31. The molecule has 4 rings (SSSR count). The highest BCUT2D eigenvalue weighted by atomic mass is 32.2. The summed E-state index contributed by atoms with van der Waals surface area (Å²) < 4.78 is 39.6. The number of aromatic nitrogens is 1. The Hall–Kier alpha value is -2.32. The molecule has 0 bridgehead atoms. The van der Waals surface area contributed by atoms with Crippen molar-refractivity contribution in [3.63, 3.8) is 0 Å². The van der Waals surface area contributed by atoms with Gasteiger partial charge in [0.1, 0.15) is 11.5 Å². The first-order valence-electron chi connectivity index (χ1n) is 9.29. The summed E-state index contributed by atoms with van der Waals surface area (Å²) in [6.45, 7) is 0.942. The second kappa shape index (κ2) is 7.25. The minimum absolute atomic E-state index is 0.0343. The van der Waals surface area contributed by atoms with Gasteiger partial charge >= 0.3 is 0 Å². The molecule has 1 amide bonds. The first-order chi connectivity index (χ1) is 13.3. The van der Waals surface area contributed by atoms with Gasteiger partial charge < -0.3 is 4.90 Å². The number of nitrogens with zero attached hydrogens (tertiary/aromatic N) is 2. The molecule has 2 fully saturated rings. The molecule has 2 aliphatic rings. The van der Waals surface area contributed by atoms with Gasteiger partial charge in [0.15, 0.2) is 0 Å². The molecular formula is C20H22FN3O3S. The van der Waals surface area contributed by atoms with Gasteiger partial charge in [-0.25, -0.2) is 17.5 Å². The Bertz CT molecular complexity index is 1010. The van der Waals surface area contributed by atoms with E-state index in [9.17, 15) is 17.6 Å². The Morgan fingerprint density at radius 1 is 1.25 bits per heavy atom. The number of hydrogen-bond donors (Lipinski definition) is 1. The molecule has 0 radical (unpaired) electrons. The minimum Gasteiger partial charge on any atom is -0.341 e. The van der Waals surface area contributed by atoms with Crippen LogP contribution in [0.15, 0.2) is 42.6 Å². The normalized spacial score (nSPS) is 24.4. The van der Waals surface area contributed by atoms with Crippen molar-refractivity contribution in [3.8, 4) is 11.3 Å². The summed E-state index contributed by atoms with van der Waals surface area (Å²) in [4.78, 5) is 18.8. The van der Waals surface area contributed by atoms with Crippen LogP contribution in [0.25, 0.3) is 11.3 Å². The van der Waals surface area contributed by atoms with Crippen LogP contribution < -0.4 is 4.72 Å². The summed E-state index contributed by atoms with van der Waals surface area (Å²) in [6, 6.07) is 10.2. The van der Waals surface area contributed by atoms with Gasteiger partial charge in [-0.3, -0.25) is 9.78 Å². The summed E-state index contributed by atoms with van der Waals surface area (Å²) in [5.74, 6) is -0.455. The van der Waals surface area contributed by atoms with E-state index in [1.54, 1.807) is 17.2 Å². The topological polar surface area (TPSA) is 79.4 Å². The van der Waals surface area contributed by atoms with Crippen molar-refractivity contribution >= 4 is 15.9 Å². The number of sulfonamides is 1. The lowest BCUT2D eigenvalue weighted by molar-refractivity contribution is -0.131. The number of halogens is 1. The molecule has 0 spiro atoms. The Labute approximate surface area is 163 Å². The van der Waals surface area contributed by atoms with Gasteiger partial charge in [-0.1, -0.05) is 24.3 Å². The van der Waals surface area contributed by atoms with Crippen LogP contribution in [0.4, 0.5) is 4.39 Å². The Balaban J connectivity index is 1.48. The van der Waals surface area contributed by atoms with Crippen molar-refractivity contribution < 1.29 is 17.6 Å². The molecule has 2 aromatic rings. The molecule has 28 heavy (non-hydrogen) atoms. The van der Waals surface area contributed by atoms with Crippen molar-refractivity contribution in [1.29, 1.82) is 0 Å². The Morgan fingerprint density at radius 2 is 2.04 bits per heavy atom. The second-order valence-electron chi connectivity index (χ2n) is 7.53. The molecule has 0 unspecified atom stereocenters. The zero-order chi connectivity index (χ0) is 19.9. The molecule has 1 aliphatic heterocycles. The van der Waals surface area contributed by atoms with Gasteiger partial charge in [0.2, 0.25) is 15.9 Å². The quantitative estimate of drug-likeness (QED) is 0.830. The number of rotatable bonds is 5. The molecular weight excluding hydrogens is 381 g/mol. The molecule has 1 saturated carbocycles. The molecule has 2 heterocycles. The lowest BCUT2D eigenvalue weighted by Gasteiger charge is -2.17. The summed E-state index contributed by atoms with van der Waals surface area (Å²) in [5, 5.41) is 0. The highest BCUT2D eigenvalue weighted by Crippen LogP contribution is 2.51. The average Bonchev–Trinajstić information content (AvgIpc) is 3.32. The Morgan fingerprint density at radius 3 is 2.79 bits per heavy atom. The zero-order valence-electron chi connectivity index (χ0n) is 15.5. The number of carbonyl (C=O) groups is 1. The fraction of sp³-hybridized carbons (Fsp3) is 0.400. The molecule has 8 heteroatoms. The van der Waals surface area contributed by atoms with Crippen LogP contribution in [-0.2, 0) is 14.8 Å². The van der Waals surface area contributed by atoms with Crippen LogP contribution in [0.3, 0.4) is 0 Å². The van der Waals surface area contributed by atoms with Crippen LogP contribution in [0, 0.1) is 11.7 Å². The van der Waals surface area contributed by atoms with Crippen LogP contribution in [0.5, 0.6) is 0 Å². The fourth-order valence-corrected chi connectivity index (χ4v) is 4.82. The van der Waals surface area contributed by atoms with E-state index in [1.807, 2.05) is 24.3 Å². The predicted molar refractivity (Wildman–Crippen MR) is 103 cm³/mol. The number of nitrogens with one attached hydrogen (secondary N) is 1. The SMILES string of the molecule is CS(=O)(=O)N[C@H]1CCN(C(=O)[C@H]2C[C@@H]2c2ccccc2-c2ncccc2F)C1. The van der Waals surface area contributed by atoms with Crippen LogP contribution in [0.1, 0.15) is 24.3 Å². The number of benzene rings is 1. The standard InChI is InChI=1S/C20H22FN3O3S/c1-28(26,27)23-13-8-10-24(12-13)20(25)17-11-16(17)14-5-2-3-6-15(14)19-18(21)7-4-9-22-19/h2-7,9,13,16-17,23H,8,10-12H2,1H3/t13-,16+,17-/m0/s1. The molecule has 1 aromatic carbocycles. The largest absolute Gasteiger partial charge is 0.341 e. The first kappa shape index (κ1) is 19.0. The van der Waals surface area contributed by atoms with E-state index >= 15 is 0 Å². The van der Waals surface area contributed by atoms with Crippen molar-refractivity contribution in [1.82, 2.24) is 14.6 Å². The van der Waals surface area contributed by atoms with Crippen molar-refractivity contribution in [2.45, 2.75) is 24.8 Å². The van der Waals surface area contributed by atoms with Crippen molar-refractivity contribution in [2.75, 3.05) is 19.3 Å². The van der Waals surface area contributed by atoms with Gasteiger partial charge in [0, 0.05) is 36.8 Å². The van der Waals surface area contributed by atoms with Crippen molar-refractivity contribution in [3.05, 3.63) is 54.0 Å². The monoisotopic (exact) mass is 403 g/mol. The maximum Gasteiger partial charge on any atom is 0.226 e. The van der Waals surface area contributed by atoms with E-state index in [0.29, 0.717) is 31.6 Å². The van der Waals surface area contributed by atoms with Crippen LogP contribution >= 0.6 is 0 Å². The number of amides is 1. The summed E-state index contributed by atoms with van der Waals surface area (Å²) in [6.07, 6.45) is 4.02. The van der Waals surface area contributed by atoms with E-state index < -0.39 is 10.0 Å². The Kier molecular flexibility index (Phi) is 4.93. The summed E-state index contributed by atoms with van der Waals surface area (Å²) in [7, 11) is -3.29. The van der Waals surface area contributed by atoms with E-state index in [-0.39, 0.29) is 29.6 Å². The molecule has 6 nitrogen and oxygen atoms in total. The lowest BCUT2D eigenvalue weighted by Crippen LogP contribution is -2.38. The number of pyridine rings is 1. The van der Waals surface area contributed by atoms with E-state index in [2.05, 4.69) is 9.71 Å². The molecule has 1 aromatic heterocycles. The molecule has 3 atom stereocenters. The average molecular weight is 403 g/mol. The highest BCUT2D eigenvalue weighted by Gasteiger charge is 2.47. The van der Waals surface area contributed by atoms with Crippen LogP contribution in [-0.4, -0.2) is 49.6 Å². The van der Waals surface area contributed by atoms with Gasteiger partial charge in [-0.2, -0.15) is 0 Å². The smallest absolute Gasteiger partial charge is 0.226 e. The minimum atomic E-state index is -3.29. The number of hydrogen-bond acceptors (Lipinski definition) is 4. The maximum absolute atomic E-state index is 14.2. The zero-order valence-corrected chi connectivity index (χ0v) is 16.3. The number of carbonyl (C=O) groups excluding carboxylic acids is 1. The van der Waals surface area contributed by atoms with Gasteiger partial charge in [-0.05, 0) is 36.5 Å². The van der Waals surface area contributed by atoms with E-state index in [0.717, 1.165) is 17.4 Å². The van der Waals surface area contributed by atoms with Crippen LogP contribution in [0.2, 0.25) is 0 Å². The van der Waals surface area contributed by atoms with Gasteiger partial charge in [0.25, 0.3) is 0 Å². The number of likely N-dealkylation sites (tertiary alicyclic amines) is 1. The molecule has 1 N–H and O–H groups in total. The highest BCUT2D eigenvalue weighted by molar-refractivity contribution is 7.88.